The lowest BCUT2D eigenvalue weighted by atomic mass is 9.99. The molecular formula is C11H22N2O2. The summed E-state index contributed by atoms with van der Waals surface area (Å²) >= 11 is 0. The number of carbonyl (C=O) groups is 1. The molecule has 1 fully saturated rings. The Bertz CT molecular complexity index is 223. The molecule has 0 unspecified atom stereocenters. The van der Waals surface area contributed by atoms with Crippen LogP contribution in [-0.4, -0.2) is 42.1 Å². The van der Waals surface area contributed by atoms with Crippen molar-refractivity contribution in [3.8, 4) is 0 Å². The van der Waals surface area contributed by atoms with E-state index >= 15 is 0 Å². The second-order valence-corrected chi connectivity index (χ2v) is 5.00. The Kier molecular flexibility index (Phi) is 4.11. The number of amides is 1. The fourth-order valence-corrected chi connectivity index (χ4v) is 1.67. The van der Waals surface area contributed by atoms with Crippen LogP contribution < -0.4 is 5.73 Å². The van der Waals surface area contributed by atoms with Crippen molar-refractivity contribution in [3.05, 3.63) is 0 Å². The van der Waals surface area contributed by atoms with Crippen molar-refractivity contribution in [2.45, 2.75) is 45.2 Å². The van der Waals surface area contributed by atoms with Crippen LogP contribution in [0.5, 0.6) is 0 Å². The second-order valence-electron chi connectivity index (χ2n) is 5.00. The summed E-state index contributed by atoms with van der Waals surface area (Å²) in [7, 11) is 0. The minimum Gasteiger partial charge on any atom is -0.377 e. The quantitative estimate of drug-likeness (QED) is 0.754. The Morgan fingerprint density at radius 1 is 1.60 bits per heavy atom. The zero-order valence-electron chi connectivity index (χ0n) is 9.95. The molecule has 1 amide bonds. The van der Waals surface area contributed by atoms with Crippen molar-refractivity contribution in [3.63, 3.8) is 0 Å². The molecule has 0 radical (unpaired) electrons. The van der Waals surface area contributed by atoms with E-state index < -0.39 is 0 Å². The van der Waals surface area contributed by atoms with Crippen LogP contribution in [0.2, 0.25) is 0 Å². The van der Waals surface area contributed by atoms with Crippen molar-refractivity contribution in [1.29, 1.82) is 0 Å². The smallest absolute Gasteiger partial charge is 0.223 e. The summed E-state index contributed by atoms with van der Waals surface area (Å²) in [6.45, 7) is 7.93. The summed E-state index contributed by atoms with van der Waals surface area (Å²) in [6, 6.07) is 0.201. The predicted molar refractivity (Wildman–Crippen MR) is 59.5 cm³/mol. The van der Waals surface area contributed by atoms with Gasteiger partial charge in [0.25, 0.3) is 0 Å². The van der Waals surface area contributed by atoms with Gasteiger partial charge in [-0.2, -0.15) is 0 Å². The first-order valence-corrected chi connectivity index (χ1v) is 5.56. The van der Waals surface area contributed by atoms with E-state index in [1.54, 1.807) is 0 Å². The number of hydrogen-bond donors (Lipinski definition) is 1. The summed E-state index contributed by atoms with van der Waals surface area (Å²) in [5.74, 6) is 0.198. The lowest BCUT2D eigenvalue weighted by molar-refractivity contribution is -0.139. The fraction of sp³-hybridized carbons (Fsp3) is 0.909. The highest BCUT2D eigenvalue weighted by atomic mass is 16.5. The van der Waals surface area contributed by atoms with Gasteiger partial charge in [0.05, 0.1) is 19.3 Å². The van der Waals surface area contributed by atoms with E-state index in [0.29, 0.717) is 26.2 Å². The van der Waals surface area contributed by atoms with E-state index in [9.17, 15) is 4.79 Å². The first kappa shape index (κ1) is 12.5. The van der Waals surface area contributed by atoms with Crippen LogP contribution in [0, 0.1) is 0 Å². The standard InChI is InChI=1S/C11H22N2O2/c1-9-8-15-7-6-13(9)10(14)4-5-11(2,3)12/h9H,4-8,12H2,1-3H3/t9-/m1/s1. The first-order valence-electron chi connectivity index (χ1n) is 5.56. The molecular weight excluding hydrogens is 192 g/mol. The van der Waals surface area contributed by atoms with Crippen molar-refractivity contribution in [1.82, 2.24) is 4.90 Å². The molecule has 0 spiro atoms. The Labute approximate surface area is 91.8 Å². The summed E-state index contributed by atoms with van der Waals surface area (Å²) in [6.07, 6.45) is 1.27. The molecule has 0 saturated carbocycles. The van der Waals surface area contributed by atoms with Crippen molar-refractivity contribution in [2.24, 2.45) is 5.73 Å². The Morgan fingerprint density at radius 2 is 2.27 bits per heavy atom. The van der Waals surface area contributed by atoms with Gasteiger partial charge in [-0.3, -0.25) is 4.79 Å². The molecule has 0 aromatic carbocycles. The molecule has 1 atom stereocenters. The lowest BCUT2D eigenvalue weighted by Crippen LogP contribution is -2.47. The molecule has 4 heteroatoms. The average Bonchev–Trinajstić information content (AvgIpc) is 2.14. The van der Waals surface area contributed by atoms with Crippen LogP contribution in [-0.2, 0) is 9.53 Å². The minimum atomic E-state index is -0.259. The lowest BCUT2D eigenvalue weighted by Gasteiger charge is -2.34. The zero-order chi connectivity index (χ0) is 11.5. The summed E-state index contributed by atoms with van der Waals surface area (Å²) in [5.41, 5.74) is 5.59. The molecule has 0 aromatic rings. The average molecular weight is 214 g/mol. The molecule has 0 aromatic heterocycles. The van der Waals surface area contributed by atoms with Crippen molar-refractivity contribution < 1.29 is 9.53 Å². The highest BCUT2D eigenvalue weighted by Gasteiger charge is 2.24. The number of hydrogen-bond acceptors (Lipinski definition) is 3. The molecule has 2 N–H and O–H groups in total. The van der Waals surface area contributed by atoms with E-state index in [2.05, 4.69) is 0 Å². The van der Waals surface area contributed by atoms with Crippen molar-refractivity contribution >= 4 is 5.91 Å². The van der Waals surface area contributed by atoms with E-state index in [1.807, 2.05) is 25.7 Å². The number of ether oxygens (including phenoxy) is 1. The van der Waals surface area contributed by atoms with Crippen LogP contribution in [0.4, 0.5) is 0 Å². The van der Waals surface area contributed by atoms with Gasteiger partial charge < -0.3 is 15.4 Å². The van der Waals surface area contributed by atoms with Gasteiger partial charge in [0, 0.05) is 18.5 Å². The van der Waals surface area contributed by atoms with Gasteiger partial charge in [-0.1, -0.05) is 0 Å². The molecule has 15 heavy (non-hydrogen) atoms. The Balaban J connectivity index is 2.39. The highest BCUT2D eigenvalue weighted by Crippen LogP contribution is 2.13. The zero-order valence-corrected chi connectivity index (χ0v) is 9.95. The third-order valence-corrected chi connectivity index (χ3v) is 2.67. The van der Waals surface area contributed by atoms with E-state index in [-0.39, 0.29) is 17.5 Å². The number of rotatable bonds is 3. The molecule has 0 bridgehead atoms. The van der Waals surface area contributed by atoms with Gasteiger partial charge in [0.15, 0.2) is 0 Å². The molecule has 1 rings (SSSR count). The Hall–Kier alpha value is -0.610. The maximum Gasteiger partial charge on any atom is 0.223 e. The summed E-state index contributed by atoms with van der Waals surface area (Å²) < 4.78 is 5.29. The molecule has 4 nitrogen and oxygen atoms in total. The topological polar surface area (TPSA) is 55.6 Å². The molecule has 0 aliphatic carbocycles. The Morgan fingerprint density at radius 3 is 2.80 bits per heavy atom. The number of nitrogens with two attached hydrogens (primary N) is 1. The van der Waals surface area contributed by atoms with Gasteiger partial charge in [-0.05, 0) is 27.2 Å². The highest BCUT2D eigenvalue weighted by molar-refractivity contribution is 5.76. The SMILES string of the molecule is C[C@@H]1COCCN1C(=O)CCC(C)(C)N. The van der Waals surface area contributed by atoms with Crippen LogP contribution in [0.15, 0.2) is 0 Å². The predicted octanol–water partition coefficient (Wildman–Crippen LogP) is 0.751. The molecule has 1 heterocycles. The normalized spacial score (nSPS) is 22.9. The molecule has 1 aliphatic rings. The van der Waals surface area contributed by atoms with Gasteiger partial charge in [0.1, 0.15) is 0 Å². The molecule has 88 valence electrons. The largest absolute Gasteiger partial charge is 0.377 e. The van der Waals surface area contributed by atoms with Gasteiger partial charge in [-0.15, -0.1) is 0 Å². The number of nitrogens with zero attached hydrogens (tertiary/aromatic N) is 1. The number of carbonyl (C=O) groups excluding carboxylic acids is 1. The minimum absolute atomic E-state index is 0.198. The molecule has 1 aliphatic heterocycles. The monoisotopic (exact) mass is 214 g/mol. The maximum atomic E-state index is 11.9. The number of morpholine rings is 1. The van der Waals surface area contributed by atoms with E-state index in [4.69, 9.17) is 10.5 Å². The first-order chi connectivity index (χ1) is 6.90. The third kappa shape index (κ3) is 4.18. The maximum absolute atomic E-state index is 11.9. The van der Waals surface area contributed by atoms with Crippen LogP contribution in [0.1, 0.15) is 33.6 Å². The van der Waals surface area contributed by atoms with Crippen LogP contribution >= 0.6 is 0 Å². The van der Waals surface area contributed by atoms with Crippen LogP contribution in [0.3, 0.4) is 0 Å². The fourth-order valence-electron chi connectivity index (χ4n) is 1.67. The van der Waals surface area contributed by atoms with Crippen LogP contribution in [0.25, 0.3) is 0 Å². The van der Waals surface area contributed by atoms with Gasteiger partial charge >= 0.3 is 0 Å². The van der Waals surface area contributed by atoms with Crippen molar-refractivity contribution in [2.75, 3.05) is 19.8 Å². The third-order valence-electron chi connectivity index (χ3n) is 2.67. The summed E-state index contributed by atoms with van der Waals surface area (Å²) in [4.78, 5) is 13.8. The van der Waals surface area contributed by atoms with E-state index in [1.165, 1.54) is 0 Å². The second kappa shape index (κ2) is 4.94. The summed E-state index contributed by atoms with van der Waals surface area (Å²) in [5, 5.41) is 0. The van der Waals surface area contributed by atoms with Gasteiger partial charge in [-0.25, -0.2) is 0 Å². The van der Waals surface area contributed by atoms with E-state index in [0.717, 1.165) is 6.42 Å². The molecule has 1 saturated heterocycles. The van der Waals surface area contributed by atoms with Gasteiger partial charge in [0.2, 0.25) is 5.91 Å².